The smallest absolute Gasteiger partial charge is 0.330 e. The van der Waals surface area contributed by atoms with Crippen LogP contribution in [0.25, 0.3) is 0 Å². The summed E-state index contributed by atoms with van der Waals surface area (Å²) in [5, 5.41) is 10.9. The first-order valence-electron chi connectivity index (χ1n) is 13.0. The first-order valence-corrected chi connectivity index (χ1v) is 13.8. The average molecular weight is 575 g/mol. The topological polar surface area (TPSA) is 79.3 Å². The molecule has 206 valence electrons. The third-order valence-electron chi connectivity index (χ3n) is 7.67. The van der Waals surface area contributed by atoms with Gasteiger partial charge in [0.25, 0.3) is 5.91 Å². The Bertz CT molecular complexity index is 1280. The van der Waals surface area contributed by atoms with Crippen LogP contribution in [-0.2, 0) is 16.1 Å². The van der Waals surface area contributed by atoms with Gasteiger partial charge >= 0.3 is 5.97 Å². The number of benzene rings is 2. The van der Waals surface area contributed by atoms with Crippen LogP contribution in [-0.4, -0.2) is 65.4 Å². The van der Waals surface area contributed by atoms with E-state index in [4.69, 9.17) is 39.1 Å². The highest BCUT2D eigenvalue weighted by Crippen LogP contribution is 2.45. The summed E-state index contributed by atoms with van der Waals surface area (Å²) in [6.45, 7) is 2.55. The fourth-order valence-corrected chi connectivity index (χ4v) is 5.75. The summed E-state index contributed by atoms with van der Waals surface area (Å²) in [7, 11) is 0. The molecule has 0 unspecified atom stereocenters. The van der Waals surface area contributed by atoms with E-state index >= 15 is 4.39 Å². The van der Waals surface area contributed by atoms with Crippen LogP contribution in [0.5, 0.6) is 5.75 Å². The second kappa shape index (κ2) is 11.7. The molecule has 39 heavy (non-hydrogen) atoms. The van der Waals surface area contributed by atoms with E-state index in [9.17, 15) is 14.7 Å². The number of aliphatic carboxylic acids is 1. The number of carboxylic acid groups (broad SMARTS) is 1. The van der Waals surface area contributed by atoms with Crippen molar-refractivity contribution in [1.29, 1.82) is 0 Å². The van der Waals surface area contributed by atoms with Gasteiger partial charge in [-0.3, -0.25) is 14.6 Å². The number of hydrogen-bond acceptors (Lipinski definition) is 5. The van der Waals surface area contributed by atoms with Crippen molar-refractivity contribution < 1.29 is 28.6 Å². The molecule has 0 radical (unpaired) electrons. The zero-order valence-corrected chi connectivity index (χ0v) is 22.8. The molecule has 0 aromatic heterocycles. The Kier molecular flexibility index (Phi) is 8.34. The Hall–Kier alpha value is -2.83. The van der Waals surface area contributed by atoms with Crippen LogP contribution in [0.2, 0.25) is 10.0 Å². The summed E-state index contributed by atoms with van der Waals surface area (Å²) >= 11 is 12.7. The Morgan fingerprint density at radius 3 is 2.46 bits per heavy atom. The van der Waals surface area contributed by atoms with Gasteiger partial charge in [0, 0.05) is 28.2 Å². The van der Waals surface area contributed by atoms with Gasteiger partial charge in [0.1, 0.15) is 18.3 Å². The maximum atomic E-state index is 15.2. The minimum Gasteiger partial charge on any atom is -0.493 e. The number of rotatable bonds is 8. The number of piperidine rings is 1. The summed E-state index contributed by atoms with van der Waals surface area (Å²) in [5.74, 6) is 0.326. The first kappa shape index (κ1) is 27.7. The quantitative estimate of drug-likeness (QED) is 0.437. The van der Waals surface area contributed by atoms with Crippen LogP contribution >= 0.6 is 23.2 Å². The van der Waals surface area contributed by atoms with Crippen LogP contribution in [0, 0.1) is 24.1 Å². The number of ether oxygens (including phenoxy) is 2. The van der Waals surface area contributed by atoms with Crippen molar-refractivity contribution in [3.63, 3.8) is 0 Å². The molecule has 2 aromatic rings. The van der Waals surface area contributed by atoms with Crippen LogP contribution in [0.3, 0.4) is 0 Å². The van der Waals surface area contributed by atoms with Crippen molar-refractivity contribution >= 4 is 35.1 Å². The number of terminal acetylenes is 1. The van der Waals surface area contributed by atoms with Crippen molar-refractivity contribution in [2.45, 2.75) is 50.3 Å². The van der Waals surface area contributed by atoms with Gasteiger partial charge in [-0.05, 0) is 74.4 Å². The van der Waals surface area contributed by atoms with Gasteiger partial charge in [0.05, 0.1) is 12.2 Å². The maximum Gasteiger partial charge on any atom is 0.330 e. The molecule has 10 heteroatoms. The molecule has 2 aromatic carbocycles. The number of amides is 1. The fraction of sp³-hybridized carbons (Fsp3) is 0.448. The summed E-state index contributed by atoms with van der Waals surface area (Å²) in [4.78, 5) is 28.2. The number of carboxylic acids is 1. The zero-order chi connectivity index (χ0) is 27.7. The Morgan fingerprint density at radius 2 is 1.85 bits per heavy atom. The standard InChI is InChI=1S/C29H29Cl2FN2O5/c1-2-25-27(29(36)37)34(16-39-25)28(35)20-12-19(18-6-7-18)26(13-24(20)32)38-15-17-8-10-33(11-9-17)14-21-22(30)4-3-5-23(21)31/h1,3-5,12-13,17-18,25,27H,6-11,14-16H2,(H,36,37)/t25-,27+/m1/s1. The van der Waals surface area contributed by atoms with Gasteiger partial charge in [-0.2, -0.15) is 0 Å². The van der Waals surface area contributed by atoms with E-state index in [-0.39, 0.29) is 18.2 Å². The molecule has 0 spiro atoms. The van der Waals surface area contributed by atoms with E-state index in [2.05, 4.69) is 10.8 Å². The van der Waals surface area contributed by atoms with Crippen LogP contribution < -0.4 is 4.74 Å². The molecule has 0 bridgehead atoms. The normalized spacial score (nSPS) is 22.1. The summed E-state index contributed by atoms with van der Waals surface area (Å²) in [6, 6.07) is 6.90. The Labute approximate surface area is 236 Å². The van der Waals surface area contributed by atoms with Crippen LogP contribution in [0.15, 0.2) is 30.3 Å². The lowest BCUT2D eigenvalue weighted by molar-refractivity contribution is -0.141. The van der Waals surface area contributed by atoms with Gasteiger partial charge < -0.3 is 14.6 Å². The molecular weight excluding hydrogens is 546 g/mol. The number of carbonyl (C=O) groups excluding carboxylic acids is 1. The lowest BCUT2D eigenvalue weighted by Gasteiger charge is -2.32. The number of likely N-dealkylation sites (tertiary alicyclic amines) is 1. The molecule has 5 rings (SSSR count). The SMILES string of the molecule is C#C[C@H]1OCN(C(=O)c2cc(C3CC3)c(OCC3CCN(Cc4c(Cl)cccc4Cl)CC3)cc2F)[C@@H]1C(=O)O. The minimum absolute atomic E-state index is 0.179. The van der Waals surface area contributed by atoms with E-state index in [1.54, 1.807) is 0 Å². The predicted molar refractivity (Wildman–Crippen MR) is 144 cm³/mol. The van der Waals surface area contributed by atoms with Crippen molar-refractivity contribution in [3.8, 4) is 18.1 Å². The van der Waals surface area contributed by atoms with E-state index in [0.29, 0.717) is 34.9 Å². The van der Waals surface area contributed by atoms with Gasteiger partial charge in [-0.25, -0.2) is 9.18 Å². The lowest BCUT2D eigenvalue weighted by atomic mass is 9.97. The second-order valence-corrected chi connectivity index (χ2v) is 11.1. The summed E-state index contributed by atoms with van der Waals surface area (Å²) in [5.41, 5.74) is 1.49. The lowest BCUT2D eigenvalue weighted by Crippen LogP contribution is -2.45. The molecule has 2 atom stereocenters. The third-order valence-corrected chi connectivity index (χ3v) is 8.37. The second-order valence-electron chi connectivity index (χ2n) is 10.3. The number of hydrogen-bond donors (Lipinski definition) is 1. The van der Waals surface area contributed by atoms with E-state index in [0.717, 1.165) is 54.8 Å². The first-order chi connectivity index (χ1) is 18.8. The van der Waals surface area contributed by atoms with Gasteiger partial charge in [-0.15, -0.1) is 6.42 Å². The van der Waals surface area contributed by atoms with E-state index in [1.165, 1.54) is 12.1 Å². The molecule has 2 saturated heterocycles. The molecule has 1 amide bonds. The predicted octanol–water partition coefficient (Wildman–Crippen LogP) is 5.19. The van der Waals surface area contributed by atoms with Crippen molar-refractivity contribution in [2.75, 3.05) is 26.4 Å². The molecule has 1 N–H and O–H groups in total. The van der Waals surface area contributed by atoms with Crippen molar-refractivity contribution in [3.05, 3.63) is 62.9 Å². The number of nitrogens with zero attached hydrogens (tertiary/aromatic N) is 2. The Balaban J connectivity index is 1.23. The highest BCUT2D eigenvalue weighted by Gasteiger charge is 2.43. The summed E-state index contributed by atoms with van der Waals surface area (Å²) < 4.78 is 26.6. The van der Waals surface area contributed by atoms with Crippen molar-refractivity contribution in [2.24, 2.45) is 5.92 Å². The van der Waals surface area contributed by atoms with Crippen LogP contribution in [0.1, 0.15) is 53.1 Å². The largest absolute Gasteiger partial charge is 0.493 e. The fourth-order valence-electron chi connectivity index (χ4n) is 5.24. The molecule has 2 aliphatic heterocycles. The van der Waals surface area contributed by atoms with Crippen LogP contribution in [0.4, 0.5) is 4.39 Å². The molecule has 1 saturated carbocycles. The zero-order valence-electron chi connectivity index (χ0n) is 21.2. The monoisotopic (exact) mass is 574 g/mol. The maximum absolute atomic E-state index is 15.2. The van der Waals surface area contributed by atoms with E-state index < -0.39 is 29.8 Å². The average Bonchev–Trinajstić information content (AvgIpc) is 3.67. The summed E-state index contributed by atoms with van der Waals surface area (Å²) in [6.07, 6.45) is 7.94. The van der Waals surface area contributed by atoms with Gasteiger partial charge in [0.15, 0.2) is 12.1 Å². The van der Waals surface area contributed by atoms with Crippen molar-refractivity contribution in [1.82, 2.24) is 9.80 Å². The van der Waals surface area contributed by atoms with Gasteiger partial charge in [0.2, 0.25) is 0 Å². The minimum atomic E-state index is -1.37. The third kappa shape index (κ3) is 6.02. The van der Waals surface area contributed by atoms with E-state index in [1.807, 2.05) is 18.2 Å². The molecule has 3 fully saturated rings. The highest BCUT2D eigenvalue weighted by molar-refractivity contribution is 6.35. The molecule has 7 nitrogen and oxygen atoms in total. The molecule has 3 aliphatic rings. The Morgan fingerprint density at radius 1 is 1.15 bits per heavy atom. The number of halogens is 3. The molecule has 2 heterocycles. The molecular formula is C29H29Cl2FN2O5. The van der Waals surface area contributed by atoms with Gasteiger partial charge in [-0.1, -0.05) is 35.2 Å². The molecule has 1 aliphatic carbocycles. The number of carbonyl (C=O) groups is 2. The highest BCUT2D eigenvalue weighted by atomic mass is 35.5.